The van der Waals surface area contributed by atoms with Crippen LogP contribution >= 0.6 is 11.8 Å². The average molecular weight is 357 g/mol. The molecule has 1 amide bonds. The maximum absolute atomic E-state index is 12.2. The quantitative estimate of drug-likeness (QED) is 0.778. The predicted molar refractivity (Wildman–Crippen MR) is 101 cm³/mol. The van der Waals surface area contributed by atoms with Crippen LogP contribution in [0.2, 0.25) is 0 Å². The molecule has 3 rings (SSSR count). The first-order valence-corrected chi connectivity index (χ1v) is 9.50. The van der Waals surface area contributed by atoms with Gasteiger partial charge in [-0.1, -0.05) is 18.2 Å². The van der Waals surface area contributed by atoms with E-state index in [1.165, 1.54) is 0 Å². The molecule has 1 fully saturated rings. The molecular formula is C19H23N3O2S. The Hall–Kier alpha value is -1.89. The molecule has 25 heavy (non-hydrogen) atoms. The molecule has 132 valence electrons. The Morgan fingerprint density at radius 1 is 1.24 bits per heavy atom. The zero-order valence-electron chi connectivity index (χ0n) is 14.1. The lowest BCUT2D eigenvalue weighted by Gasteiger charge is -2.28. The van der Waals surface area contributed by atoms with E-state index >= 15 is 0 Å². The molecule has 1 saturated heterocycles. The number of amides is 1. The predicted octanol–water partition coefficient (Wildman–Crippen LogP) is 2.77. The second kappa shape index (κ2) is 8.99. The number of aliphatic hydroxyl groups excluding tert-OH is 1. The number of aliphatic hydroxyl groups is 1. The summed E-state index contributed by atoms with van der Waals surface area (Å²) in [4.78, 5) is 18.6. The number of hydrogen-bond acceptors (Lipinski definition) is 5. The van der Waals surface area contributed by atoms with E-state index in [0.29, 0.717) is 6.54 Å². The lowest BCUT2D eigenvalue weighted by Crippen LogP contribution is -2.40. The van der Waals surface area contributed by atoms with Crippen LogP contribution in [0.15, 0.2) is 53.7 Å². The maximum atomic E-state index is 12.2. The van der Waals surface area contributed by atoms with Crippen molar-refractivity contribution in [1.82, 2.24) is 9.88 Å². The average Bonchev–Trinajstić information content (AvgIpc) is 2.63. The summed E-state index contributed by atoms with van der Waals surface area (Å²) in [7, 11) is 0. The van der Waals surface area contributed by atoms with Crippen molar-refractivity contribution >= 4 is 23.4 Å². The molecule has 0 radical (unpaired) electrons. The van der Waals surface area contributed by atoms with Gasteiger partial charge in [-0.25, -0.2) is 4.98 Å². The van der Waals surface area contributed by atoms with Crippen LogP contribution in [0.1, 0.15) is 18.4 Å². The summed E-state index contributed by atoms with van der Waals surface area (Å²) in [6.45, 7) is 1.92. The molecule has 0 saturated carbocycles. The van der Waals surface area contributed by atoms with Crippen molar-refractivity contribution in [1.29, 1.82) is 0 Å². The van der Waals surface area contributed by atoms with Gasteiger partial charge in [0.2, 0.25) is 5.91 Å². The number of aromatic nitrogens is 1. The smallest absolute Gasteiger partial charge is 0.238 e. The maximum Gasteiger partial charge on any atom is 0.238 e. The van der Waals surface area contributed by atoms with Crippen molar-refractivity contribution in [2.75, 3.05) is 25.0 Å². The fourth-order valence-electron chi connectivity index (χ4n) is 2.81. The Bertz CT molecular complexity index is 688. The number of carbonyl (C=O) groups excluding carboxylic acids is 1. The molecule has 1 aromatic heterocycles. The summed E-state index contributed by atoms with van der Waals surface area (Å²) in [6.07, 6.45) is 3.06. The highest BCUT2D eigenvalue weighted by molar-refractivity contribution is 7.98. The Kier molecular flexibility index (Phi) is 6.44. The van der Waals surface area contributed by atoms with Crippen molar-refractivity contribution < 1.29 is 9.90 Å². The van der Waals surface area contributed by atoms with Crippen molar-refractivity contribution in [3.8, 4) is 0 Å². The van der Waals surface area contributed by atoms with Crippen LogP contribution in [0.3, 0.4) is 0 Å². The lowest BCUT2D eigenvalue weighted by atomic mass is 10.1. The third-order valence-corrected chi connectivity index (χ3v) is 5.17. The Morgan fingerprint density at radius 3 is 2.84 bits per heavy atom. The van der Waals surface area contributed by atoms with Crippen molar-refractivity contribution in [3.05, 3.63) is 54.2 Å². The van der Waals surface area contributed by atoms with Crippen molar-refractivity contribution in [3.63, 3.8) is 0 Å². The van der Waals surface area contributed by atoms with E-state index in [4.69, 9.17) is 0 Å². The van der Waals surface area contributed by atoms with Gasteiger partial charge in [-0.05, 0) is 42.7 Å². The lowest BCUT2D eigenvalue weighted by molar-refractivity contribution is -0.117. The van der Waals surface area contributed by atoms with Gasteiger partial charge < -0.3 is 10.4 Å². The molecule has 1 aliphatic heterocycles. The van der Waals surface area contributed by atoms with E-state index in [2.05, 4.69) is 21.3 Å². The number of piperidine rings is 1. The molecule has 0 aliphatic carbocycles. The van der Waals surface area contributed by atoms with Crippen LogP contribution < -0.4 is 5.32 Å². The number of likely N-dealkylation sites (tertiary alicyclic amines) is 1. The van der Waals surface area contributed by atoms with E-state index in [1.807, 2.05) is 36.4 Å². The minimum absolute atomic E-state index is 0.00841. The molecule has 5 nitrogen and oxygen atoms in total. The number of nitrogens with zero attached hydrogens (tertiary/aromatic N) is 2. The molecule has 0 atom stereocenters. The highest BCUT2D eigenvalue weighted by Gasteiger charge is 2.18. The normalized spacial score (nSPS) is 15.9. The van der Waals surface area contributed by atoms with Crippen LogP contribution in [-0.4, -0.2) is 46.6 Å². The van der Waals surface area contributed by atoms with Crippen LogP contribution in [0.25, 0.3) is 0 Å². The molecule has 2 aromatic rings. The second-order valence-corrected chi connectivity index (χ2v) is 7.21. The highest BCUT2D eigenvalue weighted by atomic mass is 32.2. The van der Waals surface area contributed by atoms with Gasteiger partial charge in [0.25, 0.3) is 0 Å². The Balaban J connectivity index is 1.50. The third kappa shape index (κ3) is 5.85. The molecule has 0 unspecified atom stereocenters. The first-order valence-electron chi connectivity index (χ1n) is 8.52. The van der Waals surface area contributed by atoms with Crippen LogP contribution in [0.4, 0.5) is 5.69 Å². The molecule has 0 bridgehead atoms. The van der Waals surface area contributed by atoms with E-state index in [0.717, 1.165) is 48.0 Å². The van der Waals surface area contributed by atoms with Gasteiger partial charge in [-0.15, -0.1) is 11.8 Å². The second-order valence-electron chi connectivity index (χ2n) is 6.21. The largest absolute Gasteiger partial charge is 0.393 e. The number of thioether (sulfide) groups is 1. The number of pyridine rings is 1. The fourth-order valence-corrected chi connectivity index (χ4v) is 3.61. The number of carbonyl (C=O) groups is 1. The molecular weight excluding hydrogens is 334 g/mol. The van der Waals surface area contributed by atoms with Gasteiger partial charge in [0.1, 0.15) is 0 Å². The third-order valence-electron chi connectivity index (χ3n) is 4.16. The summed E-state index contributed by atoms with van der Waals surface area (Å²) < 4.78 is 0. The molecule has 2 heterocycles. The summed E-state index contributed by atoms with van der Waals surface area (Å²) in [5.41, 5.74) is 1.97. The van der Waals surface area contributed by atoms with Gasteiger partial charge >= 0.3 is 0 Å². The van der Waals surface area contributed by atoms with E-state index in [1.54, 1.807) is 18.0 Å². The Morgan fingerprint density at radius 2 is 2.08 bits per heavy atom. The fraction of sp³-hybridized carbons (Fsp3) is 0.368. The summed E-state index contributed by atoms with van der Waals surface area (Å²) in [6, 6.07) is 13.8. The number of hydrogen-bond donors (Lipinski definition) is 2. The van der Waals surface area contributed by atoms with Crippen LogP contribution in [-0.2, 0) is 10.5 Å². The number of benzene rings is 1. The summed E-state index contributed by atoms with van der Waals surface area (Å²) in [5.74, 6) is 0.802. The summed E-state index contributed by atoms with van der Waals surface area (Å²) in [5, 5.41) is 13.5. The van der Waals surface area contributed by atoms with Gasteiger partial charge in [0, 0.05) is 30.7 Å². The molecule has 1 aromatic carbocycles. The van der Waals surface area contributed by atoms with Gasteiger partial charge in [-0.3, -0.25) is 9.69 Å². The van der Waals surface area contributed by atoms with E-state index < -0.39 is 0 Å². The van der Waals surface area contributed by atoms with Gasteiger partial charge in [-0.2, -0.15) is 0 Å². The van der Waals surface area contributed by atoms with E-state index in [-0.39, 0.29) is 12.0 Å². The number of nitrogens with one attached hydrogen (secondary N) is 1. The van der Waals surface area contributed by atoms with Crippen molar-refractivity contribution in [2.24, 2.45) is 0 Å². The topological polar surface area (TPSA) is 65.5 Å². The molecule has 6 heteroatoms. The molecule has 2 N–H and O–H groups in total. The monoisotopic (exact) mass is 357 g/mol. The first-order chi connectivity index (χ1) is 12.2. The zero-order valence-corrected chi connectivity index (χ0v) is 14.9. The van der Waals surface area contributed by atoms with Crippen LogP contribution in [0, 0.1) is 0 Å². The van der Waals surface area contributed by atoms with Crippen molar-refractivity contribution in [2.45, 2.75) is 29.7 Å². The minimum Gasteiger partial charge on any atom is -0.393 e. The molecule has 1 aliphatic rings. The van der Waals surface area contributed by atoms with E-state index in [9.17, 15) is 9.90 Å². The first kappa shape index (κ1) is 17.9. The standard InChI is InChI=1S/C19H23N3O2S/c23-17-7-10-22(11-8-17)13-18(24)21-16-5-3-4-15(12-16)14-25-19-6-1-2-9-20-19/h1-6,9,12,17,23H,7-8,10-11,13-14H2,(H,21,24). The zero-order chi connectivity index (χ0) is 17.5. The van der Waals surface area contributed by atoms with Gasteiger partial charge in [0.05, 0.1) is 17.7 Å². The molecule has 0 spiro atoms. The van der Waals surface area contributed by atoms with Crippen LogP contribution in [0.5, 0.6) is 0 Å². The highest BCUT2D eigenvalue weighted by Crippen LogP contribution is 2.22. The summed E-state index contributed by atoms with van der Waals surface area (Å²) >= 11 is 1.67. The number of anilines is 1. The van der Waals surface area contributed by atoms with Gasteiger partial charge in [0.15, 0.2) is 0 Å². The SMILES string of the molecule is O=C(CN1CCC(O)CC1)Nc1cccc(CSc2ccccn2)c1. The minimum atomic E-state index is -0.215. The Labute approximate surface area is 152 Å². The number of rotatable bonds is 6.